The molecule has 16 heavy (non-hydrogen) atoms. The minimum Gasteiger partial charge on any atom is -0.312 e. The van der Waals surface area contributed by atoms with Crippen molar-refractivity contribution in [1.29, 1.82) is 0 Å². The third-order valence-electron chi connectivity index (χ3n) is 3.37. The molecule has 1 aromatic rings. The van der Waals surface area contributed by atoms with E-state index in [0.717, 1.165) is 4.90 Å². The number of hydrogen-bond donors (Lipinski definition) is 1. The van der Waals surface area contributed by atoms with E-state index in [9.17, 15) is 4.21 Å². The Morgan fingerprint density at radius 1 is 1.38 bits per heavy atom. The first-order valence-electron chi connectivity index (χ1n) is 5.78. The summed E-state index contributed by atoms with van der Waals surface area (Å²) in [4.78, 5) is 1.01. The van der Waals surface area contributed by atoms with Crippen molar-refractivity contribution in [1.82, 2.24) is 5.32 Å². The van der Waals surface area contributed by atoms with Gasteiger partial charge in [0.2, 0.25) is 0 Å². The SMILES string of the molecule is CNC1c2cc(C(C)C)ccc2S(=O)C1C. The van der Waals surface area contributed by atoms with E-state index in [-0.39, 0.29) is 11.3 Å². The Balaban J connectivity index is 2.51. The Morgan fingerprint density at radius 3 is 2.62 bits per heavy atom. The van der Waals surface area contributed by atoms with Crippen LogP contribution in [0, 0.1) is 0 Å². The van der Waals surface area contributed by atoms with Gasteiger partial charge in [0.15, 0.2) is 0 Å². The molecule has 1 heterocycles. The van der Waals surface area contributed by atoms with E-state index in [2.05, 4.69) is 31.3 Å². The van der Waals surface area contributed by atoms with E-state index in [1.165, 1.54) is 11.1 Å². The molecule has 88 valence electrons. The number of benzene rings is 1. The molecule has 3 heteroatoms. The zero-order valence-electron chi connectivity index (χ0n) is 10.3. The molecule has 1 aromatic carbocycles. The fourth-order valence-corrected chi connectivity index (χ4v) is 3.87. The molecule has 2 rings (SSSR count). The van der Waals surface area contributed by atoms with E-state index < -0.39 is 10.8 Å². The maximum Gasteiger partial charge on any atom is 0.0580 e. The third kappa shape index (κ3) is 1.72. The van der Waals surface area contributed by atoms with Crippen molar-refractivity contribution in [3.63, 3.8) is 0 Å². The van der Waals surface area contributed by atoms with Gasteiger partial charge in [-0.05, 0) is 37.1 Å². The van der Waals surface area contributed by atoms with E-state index in [1.54, 1.807) is 0 Å². The summed E-state index contributed by atoms with van der Waals surface area (Å²) in [7, 11) is 1.08. The first-order chi connectivity index (χ1) is 7.56. The van der Waals surface area contributed by atoms with Crippen LogP contribution in [0.4, 0.5) is 0 Å². The normalized spacial score (nSPS) is 28.4. The van der Waals surface area contributed by atoms with Crippen LogP contribution in [0.25, 0.3) is 0 Å². The molecule has 1 N–H and O–H groups in total. The summed E-state index contributed by atoms with van der Waals surface area (Å²) in [5.74, 6) is 0.521. The fraction of sp³-hybridized carbons (Fsp3) is 0.538. The molecule has 0 saturated carbocycles. The standard InChI is InChI=1S/C13H19NOS/c1-8(2)10-5-6-12-11(7-10)13(14-4)9(3)16(12)15/h5-9,13-14H,1-4H3. The molecule has 1 aliphatic rings. The minimum atomic E-state index is -0.856. The number of fused-ring (bicyclic) bond motifs is 1. The number of hydrogen-bond acceptors (Lipinski definition) is 2. The van der Waals surface area contributed by atoms with Crippen molar-refractivity contribution < 1.29 is 4.21 Å². The van der Waals surface area contributed by atoms with Crippen LogP contribution in [0.5, 0.6) is 0 Å². The van der Waals surface area contributed by atoms with E-state index >= 15 is 0 Å². The lowest BCUT2D eigenvalue weighted by Crippen LogP contribution is -2.24. The van der Waals surface area contributed by atoms with Crippen molar-refractivity contribution in [3.8, 4) is 0 Å². The average Bonchev–Trinajstić information content (AvgIpc) is 2.51. The van der Waals surface area contributed by atoms with Crippen LogP contribution in [0.1, 0.15) is 43.9 Å². The largest absolute Gasteiger partial charge is 0.312 e. The van der Waals surface area contributed by atoms with E-state index in [4.69, 9.17) is 0 Å². The quantitative estimate of drug-likeness (QED) is 0.856. The van der Waals surface area contributed by atoms with Crippen molar-refractivity contribution in [3.05, 3.63) is 29.3 Å². The Labute approximate surface area is 99.9 Å². The second kappa shape index (κ2) is 4.30. The highest BCUT2D eigenvalue weighted by atomic mass is 32.2. The number of nitrogens with one attached hydrogen (secondary N) is 1. The Morgan fingerprint density at radius 2 is 2.06 bits per heavy atom. The molecule has 3 unspecified atom stereocenters. The Kier molecular flexibility index (Phi) is 3.17. The molecule has 0 amide bonds. The van der Waals surface area contributed by atoms with Crippen molar-refractivity contribution in [2.75, 3.05) is 7.05 Å². The van der Waals surface area contributed by atoms with Crippen LogP contribution in [0.3, 0.4) is 0 Å². The van der Waals surface area contributed by atoms with Crippen LogP contribution in [-0.4, -0.2) is 16.5 Å². The molecule has 0 radical (unpaired) electrons. The summed E-state index contributed by atoms with van der Waals surface area (Å²) in [6, 6.07) is 6.58. The topological polar surface area (TPSA) is 29.1 Å². The average molecular weight is 237 g/mol. The van der Waals surface area contributed by atoms with Crippen molar-refractivity contribution in [2.24, 2.45) is 0 Å². The molecule has 0 fully saturated rings. The fourth-order valence-electron chi connectivity index (χ4n) is 2.32. The van der Waals surface area contributed by atoms with E-state index in [1.807, 2.05) is 20.0 Å². The maximum atomic E-state index is 12.1. The first-order valence-corrected chi connectivity index (χ1v) is 6.99. The van der Waals surface area contributed by atoms with Gasteiger partial charge in [0.1, 0.15) is 0 Å². The van der Waals surface area contributed by atoms with Crippen LogP contribution >= 0.6 is 0 Å². The molecule has 0 aliphatic carbocycles. The molecule has 0 spiro atoms. The monoisotopic (exact) mass is 237 g/mol. The van der Waals surface area contributed by atoms with Gasteiger partial charge in [-0.1, -0.05) is 26.0 Å². The lowest BCUT2D eigenvalue weighted by atomic mass is 9.97. The van der Waals surface area contributed by atoms with E-state index in [0.29, 0.717) is 5.92 Å². The highest BCUT2D eigenvalue weighted by molar-refractivity contribution is 7.86. The summed E-state index contributed by atoms with van der Waals surface area (Å²) in [6.07, 6.45) is 0. The van der Waals surface area contributed by atoms with Gasteiger partial charge >= 0.3 is 0 Å². The Hall–Kier alpha value is -0.670. The van der Waals surface area contributed by atoms with Crippen LogP contribution in [0.15, 0.2) is 23.1 Å². The molecule has 3 atom stereocenters. The summed E-state index contributed by atoms with van der Waals surface area (Å²) in [5, 5.41) is 3.44. The first kappa shape index (κ1) is 11.8. The maximum absolute atomic E-state index is 12.1. The third-order valence-corrected chi connectivity index (χ3v) is 5.12. The van der Waals surface area contributed by atoms with Gasteiger partial charge < -0.3 is 5.32 Å². The minimum absolute atomic E-state index is 0.169. The predicted octanol–water partition coefficient (Wildman–Crippen LogP) is 2.58. The summed E-state index contributed by atoms with van der Waals surface area (Å²) in [6.45, 7) is 6.42. The van der Waals surface area contributed by atoms with Crippen LogP contribution in [-0.2, 0) is 10.8 Å². The molecule has 2 nitrogen and oxygen atoms in total. The Bertz CT molecular complexity index is 428. The second-order valence-electron chi connectivity index (χ2n) is 4.72. The summed E-state index contributed by atoms with van der Waals surface area (Å²) in [5.41, 5.74) is 2.55. The van der Waals surface area contributed by atoms with Gasteiger partial charge in [0.05, 0.1) is 16.0 Å². The van der Waals surface area contributed by atoms with Gasteiger partial charge in [-0.2, -0.15) is 0 Å². The van der Waals surface area contributed by atoms with Gasteiger partial charge in [-0.15, -0.1) is 0 Å². The zero-order chi connectivity index (χ0) is 11.9. The molecular formula is C13H19NOS. The summed E-state index contributed by atoms with van der Waals surface area (Å²) < 4.78 is 12.1. The van der Waals surface area contributed by atoms with Gasteiger partial charge in [-0.3, -0.25) is 4.21 Å². The molecule has 0 aromatic heterocycles. The van der Waals surface area contributed by atoms with Crippen LogP contribution < -0.4 is 5.32 Å². The van der Waals surface area contributed by atoms with Gasteiger partial charge in [0.25, 0.3) is 0 Å². The lowest BCUT2D eigenvalue weighted by Gasteiger charge is -2.15. The highest BCUT2D eigenvalue weighted by Gasteiger charge is 2.34. The van der Waals surface area contributed by atoms with Gasteiger partial charge in [0, 0.05) is 10.9 Å². The molecule has 0 bridgehead atoms. The lowest BCUT2D eigenvalue weighted by molar-refractivity contribution is 0.584. The highest BCUT2D eigenvalue weighted by Crippen LogP contribution is 2.37. The predicted molar refractivity (Wildman–Crippen MR) is 68.2 cm³/mol. The zero-order valence-corrected chi connectivity index (χ0v) is 11.1. The second-order valence-corrected chi connectivity index (χ2v) is 6.50. The molecule has 1 aliphatic heterocycles. The summed E-state index contributed by atoms with van der Waals surface area (Å²) >= 11 is 0. The van der Waals surface area contributed by atoms with Crippen LogP contribution in [0.2, 0.25) is 0 Å². The smallest absolute Gasteiger partial charge is 0.0580 e. The number of rotatable bonds is 2. The van der Waals surface area contributed by atoms with Crippen molar-refractivity contribution >= 4 is 10.8 Å². The molecule has 0 saturated heterocycles. The van der Waals surface area contributed by atoms with Gasteiger partial charge in [-0.25, -0.2) is 0 Å². The van der Waals surface area contributed by atoms with Crippen molar-refractivity contribution in [2.45, 2.75) is 42.9 Å². The molecular weight excluding hydrogens is 218 g/mol.